The first-order valence-electron chi connectivity index (χ1n) is 11.7. The molecule has 2 atom stereocenters. The first-order chi connectivity index (χ1) is 17.4. The molecule has 12 heteroatoms. The van der Waals surface area contributed by atoms with Gasteiger partial charge < -0.3 is 20.9 Å². The van der Waals surface area contributed by atoms with E-state index in [0.717, 1.165) is 11.1 Å². The molecule has 0 unspecified atom stereocenters. The molecule has 2 aromatic carbocycles. The van der Waals surface area contributed by atoms with Gasteiger partial charge in [-0.2, -0.15) is 0 Å². The average molecular weight is 550 g/mol. The molecule has 0 spiro atoms. The molecule has 0 saturated carbocycles. The maximum absolute atomic E-state index is 13.8. The summed E-state index contributed by atoms with van der Waals surface area (Å²) in [5.41, 5.74) is 10.1. The Balaban J connectivity index is 1.58. The van der Waals surface area contributed by atoms with Crippen molar-refractivity contribution in [2.24, 2.45) is 5.73 Å². The molecule has 1 aromatic heterocycles. The molecule has 2 heterocycles. The highest BCUT2D eigenvalue weighted by Gasteiger charge is 2.29. The van der Waals surface area contributed by atoms with Crippen LogP contribution in [0.1, 0.15) is 23.4 Å². The fourth-order valence-corrected chi connectivity index (χ4v) is 5.44. The molecule has 0 radical (unpaired) electrons. The van der Waals surface area contributed by atoms with Crippen LogP contribution in [0.5, 0.6) is 0 Å². The zero-order chi connectivity index (χ0) is 26.9. The summed E-state index contributed by atoms with van der Waals surface area (Å²) in [6, 6.07) is 8.71. The van der Waals surface area contributed by atoms with Gasteiger partial charge in [0.15, 0.2) is 0 Å². The zero-order valence-electron chi connectivity index (χ0n) is 20.7. The third kappa shape index (κ3) is 6.30. The van der Waals surface area contributed by atoms with E-state index < -0.39 is 27.8 Å². The number of carbonyl (C=O) groups is 1. The molecule has 0 bridgehead atoms. The van der Waals surface area contributed by atoms with Crippen molar-refractivity contribution in [3.8, 4) is 11.1 Å². The molecule has 1 aliphatic rings. The second-order valence-corrected chi connectivity index (χ2v) is 11.6. The van der Waals surface area contributed by atoms with E-state index in [1.165, 1.54) is 22.7 Å². The zero-order valence-corrected chi connectivity index (χ0v) is 22.3. The van der Waals surface area contributed by atoms with Crippen LogP contribution in [-0.2, 0) is 21.2 Å². The Morgan fingerprint density at radius 2 is 2.03 bits per heavy atom. The minimum Gasteiger partial charge on any atom is -0.379 e. The quantitative estimate of drug-likeness (QED) is 0.390. The number of halogens is 2. The van der Waals surface area contributed by atoms with Crippen LogP contribution in [0.4, 0.5) is 15.8 Å². The second-order valence-electron chi connectivity index (χ2n) is 9.26. The van der Waals surface area contributed by atoms with E-state index in [1.54, 1.807) is 19.1 Å². The number of hydrogen-bond donors (Lipinski definition) is 3. The molecule has 37 heavy (non-hydrogen) atoms. The van der Waals surface area contributed by atoms with Gasteiger partial charge in [-0.15, -0.1) is 0 Å². The molecule has 0 aliphatic carbocycles. The topological polar surface area (TPSA) is 131 Å². The summed E-state index contributed by atoms with van der Waals surface area (Å²) >= 11 is 5.75. The summed E-state index contributed by atoms with van der Waals surface area (Å²) in [5.74, 6) is -0.403. The summed E-state index contributed by atoms with van der Waals surface area (Å²) < 4.78 is 44.4. The van der Waals surface area contributed by atoms with Gasteiger partial charge in [0.25, 0.3) is 0 Å². The molecule has 9 nitrogen and oxygen atoms in total. The number of nitrogens with one attached hydrogen (secondary N) is 2. The predicted octanol–water partition coefficient (Wildman–Crippen LogP) is 3.71. The molecular weight excluding hydrogens is 521 g/mol. The van der Waals surface area contributed by atoms with Crippen LogP contribution in [0, 0.1) is 19.7 Å². The Hall–Kier alpha value is -2.99. The van der Waals surface area contributed by atoms with Crippen molar-refractivity contribution in [3.63, 3.8) is 0 Å². The van der Waals surface area contributed by atoms with E-state index in [9.17, 15) is 17.6 Å². The smallest absolute Gasteiger partial charge is 0.241 e. The van der Waals surface area contributed by atoms with Crippen molar-refractivity contribution in [2.45, 2.75) is 38.8 Å². The van der Waals surface area contributed by atoms with Crippen LogP contribution in [-0.4, -0.2) is 55.2 Å². The summed E-state index contributed by atoms with van der Waals surface area (Å²) in [6.07, 6.45) is 1.92. The van der Waals surface area contributed by atoms with Crippen LogP contribution in [0.3, 0.4) is 0 Å². The van der Waals surface area contributed by atoms with Gasteiger partial charge in [-0.3, -0.25) is 4.79 Å². The number of nitrogens with two attached hydrogens (primary N) is 1. The highest BCUT2D eigenvalue weighted by molar-refractivity contribution is 7.88. The first kappa shape index (κ1) is 27.1. The normalized spacial score (nSPS) is 17.1. The largest absolute Gasteiger partial charge is 0.379 e. The van der Waals surface area contributed by atoms with E-state index in [4.69, 9.17) is 21.9 Å². The van der Waals surface area contributed by atoms with E-state index in [-0.39, 0.29) is 17.5 Å². The van der Waals surface area contributed by atoms with E-state index in [2.05, 4.69) is 15.8 Å². The number of hydrogen-bond acceptors (Lipinski definition) is 7. The van der Waals surface area contributed by atoms with Crippen molar-refractivity contribution >= 4 is 38.9 Å². The van der Waals surface area contributed by atoms with Crippen molar-refractivity contribution in [1.29, 1.82) is 0 Å². The van der Waals surface area contributed by atoms with Crippen LogP contribution in [0.15, 0.2) is 40.9 Å². The minimum absolute atomic E-state index is 0.00465. The van der Waals surface area contributed by atoms with Crippen molar-refractivity contribution in [3.05, 3.63) is 64.3 Å². The van der Waals surface area contributed by atoms with Crippen LogP contribution >= 0.6 is 11.6 Å². The third-order valence-corrected chi connectivity index (χ3v) is 7.93. The van der Waals surface area contributed by atoms with Crippen molar-refractivity contribution in [2.75, 3.05) is 30.0 Å². The summed E-state index contributed by atoms with van der Waals surface area (Å²) in [5, 5.41) is 10.2. The summed E-state index contributed by atoms with van der Waals surface area (Å²) in [4.78, 5) is 13.1. The maximum Gasteiger partial charge on any atom is 0.241 e. The third-order valence-electron chi connectivity index (χ3n) is 6.36. The van der Waals surface area contributed by atoms with Gasteiger partial charge in [-0.25, -0.2) is 17.1 Å². The van der Waals surface area contributed by atoms with Crippen LogP contribution in [0.25, 0.3) is 11.1 Å². The van der Waals surface area contributed by atoms with E-state index in [1.807, 2.05) is 19.1 Å². The monoisotopic (exact) mass is 549 g/mol. The van der Waals surface area contributed by atoms with Gasteiger partial charge in [0, 0.05) is 24.7 Å². The Morgan fingerprint density at radius 1 is 1.27 bits per heavy atom. The predicted molar refractivity (Wildman–Crippen MR) is 142 cm³/mol. The lowest BCUT2D eigenvalue weighted by Crippen LogP contribution is -2.37. The molecule has 4 N–H and O–H groups in total. The van der Waals surface area contributed by atoms with Gasteiger partial charge >= 0.3 is 0 Å². The van der Waals surface area contributed by atoms with Gasteiger partial charge in [-0.05, 0) is 62.1 Å². The highest BCUT2D eigenvalue weighted by Crippen LogP contribution is 2.34. The molecule has 1 amide bonds. The number of nitrogens with zero attached hydrogens (tertiary/aromatic N) is 2. The van der Waals surface area contributed by atoms with Crippen LogP contribution in [0.2, 0.25) is 5.02 Å². The number of rotatable bonds is 8. The maximum atomic E-state index is 13.8. The molecule has 1 fully saturated rings. The fourth-order valence-electron chi connectivity index (χ4n) is 4.43. The number of aryl methyl sites for hydroxylation is 2. The van der Waals surface area contributed by atoms with E-state index >= 15 is 0 Å². The fraction of sp³-hybridized carbons (Fsp3) is 0.360. The molecule has 1 aliphatic heterocycles. The summed E-state index contributed by atoms with van der Waals surface area (Å²) in [7, 11) is -3.29. The molecule has 4 rings (SSSR count). The number of aromatic nitrogens is 1. The number of amides is 1. The van der Waals surface area contributed by atoms with Gasteiger partial charge in [0.05, 0.1) is 34.4 Å². The lowest BCUT2D eigenvalue weighted by Gasteiger charge is -2.20. The number of carbonyl (C=O) groups excluding carboxylic acids is 1. The van der Waals surface area contributed by atoms with Crippen molar-refractivity contribution < 1.29 is 22.1 Å². The van der Waals surface area contributed by atoms with Gasteiger partial charge in [-0.1, -0.05) is 28.9 Å². The Labute approximate surface area is 220 Å². The average Bonchev–Trinajstić information content (AvgIpc) is 3.43. The van der Waals surface area contributed by atoms with Crippen molar-refractivity contribution in [1.82, 2.24) is 9.46 Å². The highest BCUT2D eigenvalue weighted by atomic mass is 35.5. The molecule has 1 saturated heterocycles. The second kappa shape index (κ2) is 10.8. The number of anilines is 2. The van der Waals surface area contributed by atoms with Gasteiger partial charge in [0.1, 0.15) is 11.6 Å². The number of benzene rings is 2. The minimum atomic E-state index is -3.29. The molecule has 3 aromatic rings. The molecular formula is C25H29ClFN5O4S. The number of sulfonamides is 1. The lowest BCUT2D eigenvalue weighted by atomic mass is 10.0. The first-order valence-corrected chi connectivity index (χ1v) is 13.9. The standard InChI is InChI=1S/C25H29ClFN5O4S/c1-14-24(15(2)36-31-14)17-5-7-22(29-18-8-9-32(13-18)37(3,34)35)23(12-17)30-25(33)21(28)11-16-4-6-19(26)20(27)10-16/h4-7,10,12,18,21,29H,8-9,11,13,28H2,1-3H3,(H,30,33)/t18-,21+/m1/s1. The SMILES string of the molecule is Cc1noc(C)c1-c1ccc(N[C@@H]2CCN(S(C)(=O)=O)C2)c(NC(=O)[C@@H](N)Cc2ccc(Cl)c(F)c2)c1. The lowest BCUT2D eigenvalue weighted by molar-refractivity contribution is -0.117. The Kier molecular flexibility index (Phi) is 7.88. The van der Waals surface area contributed by atoms with E-state index in [0.29, 0.717) is 47.9 Å². The Bertz CT molecular complexity index is 1410. The summed E-state index contributed by atoms with van der Waals surface area (Å²) in [6.45, 7) is 4.37. The van der Waals surface area contributed by atoms with Crippen LogP contribution < -0.4 is 16.4 Å². The Morgan fingerprint density at radius 3 is 2.65 bits per heavy atom. The molecule has 198 valence electrons. The van der Waals surface area contributed by atoms with Gasteiger partial charge in [0.2, 0.25) is 15.9 Å².